The van der Waals surface area contributed by atoms with Crippen molar-refractivity contribution in [3.63, 3.8) is 0 Å². The highest BCUT2D eigenvalue weighted by atomic mass is 32.2. The van der Waals surface area contributed by atoms with Crippen molar-refractivity contribution in [3.05, 3.63) is 0 Å². The van der Waals surface area contributed by atoms with Gasteiger partial charge in [0.2, 0.25) is 0 Å². The van der Waals surface area contributed by atoms with Crippen molar-refractivity contribution in [3.8, 4) is 0 Å². The number of hydrogen-bond acceptors (Lipinski definition) is 2. The maximum Gasteiger partial charge on any atom is 0.188 e. The van der Waals surface area contributed by atoms with E-state index in [1.807, 2.05) is 11.8 Å². The molecule has 4 heteroatoms. The molecule has 0 bridgehead atoms. The molecule has 0 atom stereocenters. The minimum atomic E-state index is 0.600. The van der Waals surface area contributed by atoms with E-state index in [4.69, 9.17) is 5.73 Å². The minimum Gasteiger partial charge on any atom is -0.370 e. The Morgan fingerprint density at radius 2 is 2.14 bits per heavy atom. The molecule has 0 amide bonds. The predicted molar refractivity (Wildman–Crippen MR) is 67.0 cm³/mol. The zero-order chi connectivity index (χ0) is 10.6. The van der Waals surface area contributed by atoms with Gasteiger partial charge in [-0.2, -0.15) is 11.8 Å². The van der Waals surface area contributed by atoms with Gasteiger partial charge in [-0.1, -0.05) is 13.3 Å². The van der Waals surface area contributed by atoms with E-state index in [-0.39, 0.29) is 0 Å². The van der Waals surface area contributed by atoms with Gasteiger partial charge in [-0.05, 0) is 31.3 Å². The molecule has 0 saturated carbocycles. The fourth-order valence-electron chi connectivity index (χ4n) is 1.01. The van der Waals surface area contributed by atoms with Gasteiger partial charge in [-0.3, -0.25) is 4.99 Å². The summed E-state index contributed by atoms with van der Waals surface area (Å²) in [6.07, 6.45) is 6.84. The topological polar surface area (TPSA) is 50.4 Å². The Morgan fingerprint density at radius 3 is 2.79 bits per heavy atom. The van der Waals surface area contributed by atoms with Gasteiger partial charge in [0.05, 0.1) is 0 Å². The van der Waals surface area contributed by atoms with Crippen LogP contribution in [-0.4, -0.2) is 31.1 Å². The molecule has 0 aliphatic heterocycles. The monoisotopic (exact) mass is 217 g/mol. The van der Waals surface area contributed by atoms with Crippen molar-refractivity contribution < 1.29 is 0 Å². The molecule has 3 N–H and O–H groups in total. The summed E-state index contributed by atoms with van der Waals surface area (Å²) in [4.78, 5) is 4.24. The molecular formula is C10H23N3S. The van der Waals surface area contributed by atoms with E-state index in [1.165, 1.54) is 18.6 Å². The summed E-state index contributed by atoms with van der Waals surface area (Å²) >= 11 is 1.88. The van der Waals surface area contributed by atoms with Gasteiger partial charge >= 0.3 is 0 Å². The maximum atomic E-state index is 5.66. The van der Waals surface area contributed by atoms with Gasteiger partial charge in [0, 0.05) is 13.1 Å². The molecule has 0 heterocycles. The summed E-state index contributed by atoms with van der Waals surface area (Å²) in [5.74, 6) is 1.82. The molecule has 0 unspecified atom stereocenters. The molecule has 14 heavy (non-hydrogen) atoms. The molecule has 0 fully saturated rings. The number of thioether (sulfide) groups is 1. The van der Waals surface area contributed by atoms with E-state index in [0.29, 0.717) is 5.96 Å². The van der Waals surface area contributed by atoms with Gasteiger partial charge in [-0.25, -0.2) is 0 Å². The largest absolute Gasteiger partial charge is 0.370 e. The van der Waals surface area contributed by atoms with Crippen molar-refractivity contribution >= 4 is 17.7 Å². The molecule has 0 spiro atoms. The van der Waals surface area contributed by atoms with E-state index in [0.717, 1.165) is 25.9 Å². The number of aliphatic imine (C=N–C) groups is 1. The van der Waals surface area contributed by atoms with Crippen LogP contribution >= 0.6 is 11.8 Å². The zero-order valence-corrected chi connectivity index (χ0v) is 10.2. The van der Waals surface area contributed by atoms with Crippen LogP contribution in [0.1, 0.15) is 32.6 Å². The second-order valence-electron chi connectivity index (χ2n) is 3.25. The quantitative estimate of drug-likeness (QED) is 0.370. The van der Waals surface area contributed by atoms with Gasteiger partial charge < -0.3 is 11.1 Å². The molecule has 0 aromatic carbocycles. The number of guanidine groups is 1. The molecule has 0 saturated heterocycles. The first kappa shape index (κ1) is 13.6. The second kappa shape index (κ2) is 10.7. The molecule has 0 aromatic heterocycles. The van der Waals surface area contributed by atoms with Crippen LogP contribution in [0.5, 0.6) is 0 Å². The summed E-state index contributed by atoms with van der Waals surface area (Å²) in [5.41, 5.74) is 5.66. The van der Waals surface area contributed by atoms with E-state index in [9.17, 15) is 0 Å². The van der Waals surface area contributed by atoms with E-state index < -0.39 is 0 Å². The van der Waals surface area contributed by atoms with Gasteiger partial charge in [0.25, 0.3) is 0 Å². The highest BCUT2D eigenvalue weighted by molar-refractivity contribution is 7.98. The number of hydrogen-bond donors (Lipinski definition) is 2. The standard InChI is InChI=1S/C10H23N3S/c1-3-4-7-12-10(11)13-8-5-6-9-14-2/h3-9H2,1-2H3,(H3,11,12,13). The number of nitrogens with one attached hydrogen (secondary N) is 1. The van der Waals surface area contributed by atoms with Crippen LogP contribution in [0.25, 0.3) is 0 Å². The predicted octanol–water partition coefficient (Wildman–Crippen LogP) is 1.83. The zero-order valence-electron chi connectivity index (χ0n) is 9.38. The second-order valence-corrected chi connectivity index (χ2v) is 4.23. The SMILES string of the molecule is CCCCNC(N)=NCCCCSC. The van der Waals surface area contributed by atoms with Gasteiger partial charge in [0.1, 0.15) is 0 Å². The highest BCUT2D eigenvalue weighted by Crippen LogP contribution is 1.98. The lowest BCUT2D eigenvalue weighted by atomic mass is 10.3. The van der Waals surface area contributed by atoms with Crippen molar-refractivity contribution in [2.45, 2.75) is 32.6 Å². The van der Waals surface area contributed by atoms with Crippen molar-refractivity contribution in [1.82, 2.24) is 5.32 Å². The first-order chi connectivity index (χ1) is 6.81. The first-order valence-corrected chi connectivity index (χ1v) is 6.73. The average Bonchev–Trinajstić information content (AvgIpc) is 2.18. The summed E-state index contributed by atoms with van der Waals surface area (Å²) in [5, 5.41) is 3.10. The summed E-state index contributed by atoms with van der Waals surface area (Å²) in [7, 11) is 0. The lowest BCUT2D eigenvalue weighted by Crippen LogP contribution is -2.32. The number of unbranched alkanes of at least 4 members (excludes halogenated alkanes) is 2. The molecule has 3 nitrogen and oxygen atoms in total. The molecule has 0 rings (SSSR count). The Labute approximate surface area is 91.9 Å². The average molecular weight is 217 g/mol. The summed E-state index contributed by atoms with van der Waals surface area (Å²) in [6.45, 7) is 3.96. The summed E-state index contributed by atoms with van der Waals surface area (Å²) < 4.78 is 0. The normalized spacial score (nSPS) is 11.7. The van der Waals surface area contributed by atoms with E-state index >= 15 is 0 Å². The Morgan fingerprint density at radius 1 is 1.36 bits per heavy atom. The third kappa shape index (κ3) is 9.71. The Bertz CT molecular complexity index is 148. The molecular weight excluding hydrogens is 194 g/mol. The molecule has 0 radical (unpaired) electrons. The van der Waals surface area contributed by atoms with Crippen LogP contribution in [0.2, 0.25) is 0 Å². The number of nitrogens with zero attached hydrogens (tertiary/aromatic N) is 1. The maximum absolute atomic E-state index is 5.66. The van der Waals surface area contributed by atoms with Crippen LogP contribution in [0.3, 0.4) is 0 Å². The van der Waals surface area contributed by atoms with E-state index in [2.05, 4.69) is 23.5 Å². The number of rotatable bonds is 8. The third-order valence-corrected chi connectivity index (χ3v) is 2.57. The fourth-order valence-corrected chi connectivity index (χ4v) is 1.50. The van der Waals surface area contributed by atoms with Crippen molar-refractivity contribution in [1.29, 1.82) is 0 Å². The Balaban J connectivity index is 3.27. The summed E-state index contributed by atoms with van der Waals surface area (Å²) in [6, 6.07) is 0. The van der Waals surface area contributed by atoms with Gasteiger partial charge in [0.15, 0.2) is 5.96 Å². The van der Waals surface area contributed by atoms with Crippen LogP contribution in [0.4, 0.5) is 0 Å². The number of nitrogens with two attached hydrogens (primary N) is 1. The van der Waals surface area contributed by atoms with Crippen LogP contribution in [-0.2, 0) is 0 Å². The smallest absolute Gasteiger partial charge is 0.188 e. The lowest BCUT2D eigenvalue weighted by molar-refractivity contribution is 0.743. The van der Waals surface area contributed by atoms with E-state index in [1.54, 1.807) is 0 Å². The van der Waals surface area contributed by atoms with Gasteiger partial charge in [-0.15, -0.1) is 0 Å². The lowest BCUT2D eigenvalue weighted by Gasteiger charge is -2.03. The molecule has 0 aromatic rings. The van der Waals surface area contributed by atoms with Crippen molar-refractivity contribution in [2.75, 3.05) is 25.1 Å². The third-order valence-electron chi connectivity index (χ3n) is 1.88. The van der Waals surface area contributed by atoms with Crippen LogP contribution in [0.15, 0.2) is 4.99 Å². The Kier molecular flexibility index (Phi) is 10.4. The molecule has 0 aliphatic carbocycles. The molecule has 0 aliphatic rings. The Hall–Kier alpha value is -0.380. The highest BCUT2D eigenvalue weighted by Gasteiger charge is 1.90. The molecule has 84 valence electrons. The van der Waals surface area contributed by atoms with Crippen molar-refractivity contribution in [2.24, 2.45) is 10.7 Å². The minimum absolute atomic E-state index is 0.600. The van der Waals surface area contributed by atoms with Crippen LogP contribution in [0, 0.1) is 0 Å². The first-order valence-electron chi connectivity index (χ1n) is 5.34. The van der Waals surface area contributed by atoms with Crippen LogP contribution < -0.4 is 11.1 Å². The fraction of sp³-hybridized carbons (Fsp3) is 0.900.